The number of nitrogens with one attached hydrogen (secondary N) is 1. The number of amides is 1. The number of carbonyl (C=O) groups excluding carboxylic acids is 1. The Hall–Kier alpha value is -0.570. The Morgan fingerprint density at radius 3 is 2.80 bits per heavy atom. The van der Waals surface area contributed by atoms with Gasteiger partial charge in [0.05, 0.1) is 6.61 Å². The largest absolute Gasteiger partial charge is 0.277 e. The Morgan fingerprint density at radius 2 is 2.20 bits per heavy atom. The zero-order valence-corrected chi connectivity index (χ0v) is 6.01. The molecular formula is C7H13NO2. The molecule has 0 unspecified atom stereocenters. The van der Waals surface area contributed by atoms with Crippen LogP contribution in [0.1, 0.15) is 25.7 Å². The molecule has 1 aliphatic rings. The molecule has 0 aliphatic heterocycles. The normalized spacial score (nSPS) is 19.2. The molecule has 3 nitrogen and oxygen atoms in total. The molecule has 0 saturated heterocycles. The van der Waals surface area contributed by atoms with Crippen LogP contribution in [0.4, 0.5) is 0 Å². The molecule has 1 rings (SSSR count). The highest BCUT2D eigenvalue weighted by Gasteiger charge is 2.14. The summed E-state index contributed by atoms with van der Waals surface area (Å²) in [6.45, 7) is 0.679. The summed E-state index contributed by atoms with van der Waals surface area (Å²) in [6.07, 6.45) is 5.69. The summed E-state index contributed by atoms with van der Waals surface area (Å²) in [5.41, 5.74) is 2.19. The lowest BCUT2D eigenvalue weighted by atomic mass is 10.1. The minimum atomic E-state index is 0.564. The van der Waals surface area contributed by atoms with Gasteiger partial charge in [0, 0.05) is 0 Å². The van der Waals surface area contributed by atoms with Crippen molar-refractivity contribution in [1.29, 1.82) is 0 Å². The Balaban J connectivity index is 1.96. The number of hydroxylamine groups is 1. The molecule has 1 N–H and O–H groups in total. The smallest absolute Gasteiger partial charge is 0.230 e. The average Bonchev–Trinajstić information content (AvgIpc) is 2.41. The average molecular weight is 143 g/mol. The molecule has 0 bridgehead atoms. The van der Waals surface area contributed by atoms with Crippen LogP contribution in [0.2, 0.25) is 0 Å². The Labute approximate surface area is 60.7 Å². The van der Waals surface area contributed by atoms with Crippen molar-refractivity contribution in [2.45, 2.75) is 25.7 Å². The SMILES string of the molecule is O=CNOCC1CCCC1. The first-order valence-corrected chi connectivity index (χ1v) is 3.74. The number of rotatable bonds is 4. The second-order valence-electron chi connectivity index (χ2n) is 2.70. The van der Waals surface area contributed by atoms with Gasteiger partial charge >= 0.3 is 0 Å². The van der Waals surface area contributed by atoms with Crippen LogP contribution in [-0.4, -0.2) is 13.0 Å². The first kappa shape index (κ1) is 7.54. The van der Waals surface area contributed by atoms with Gasteiger partial charge in [0.2, 0.25) is 6.41 Å². The lowest BCUT2D eigenvalue weighted by molar-refractivity contribution is -0.121. The van der Waals surface area contributed by atoms with Gasteiger partial charge in [-0.15, -0.1) is 0 Å². The summed E-state index contributed by atoms with van der Waals surface area (Å²) >= 11 is 0. The maximum Gasteiger partial charge on any atom is 0.230 e. The van der Waals surface area contributed by atoms with Gasteiger partial charge < -0.3 is 0 Å². The van der Waals surface area contributed by atoms with Crippen molar-refractivity contribution >= 4 is 6.41 Å². The quantitative estimate of drug-likeness (QED) is 0.360. The summed E-state index contributed by atoms with van der Waals surface area (Å²) in [7, 11) is 0. The third-order valence-electron chi connectivity index (χ3n) is 1.93. The van der Waals surface area contributed by atoms with Crippen molar-refractivity contribution in [1.82, 2.24) is 5.48 Å². The molecule has 0 heterocycles. The molecule has 0 aromatic heterocycles. The van der Waals surface area contributed by atoms with Crippen LogP contribution in [0.25, 0.3) is 0 Å². The molecule has 3 heteroatoms. The topological polar surface area (TPSA) is 38.3 Å². The Bertz CT molecular complexity index is 99.8. The van der Waals surface area contributed by atoms with Crippen molar-refractivity contribution in [3.63, 3.8) is 0 Å². The zero-order chi connectivity index (χ0) is 7.23. The van der Waals surface area contributed by atoms with Crippen LogP contribution in [-0.2, 0) is 9.63 Å². The van der Waals surface area contributed by atoms with Crippen molar-refractivity contribution in [3.05, 3.63) is 0 Å². The molecule has 0 radical (unpaired) electrons. The van der Waals surface area contributed by atoms with Crippen LogP contribution in [0, 0.1) is 5.92 Å². The first-order valence-electron chi connectivity index (χ1n) is 3.74. The predicted molar refractivity (Wildman–Crippen MR) is 37.1 cm³/mol. The van der Waals surface area contributed by atoms with E-state index < -0.39 is 0 Å². The highest BCUT2D eigenvalue weighted by Crippen LogP contribution is 2.24. The maximum atomic E-state index is 9.74. The van der Waals surface area contributed by atoms with Crippen molar-refractivity contribution in [2.24, 2.45) is 5.92 Å². The number of hydrogen-bond acceptors (Lipinski definition) is 2. The molecule has 1 amide bonds. The minimum Gasteiger partial charge on any atom is -0.277 e. The van der Waals surface area contributed by atoms with Crippen molar-refractivity contribution in [3.8, 4) is 0 Å². The maximum absolute atomic E-state index is 9.74. The van der Waals surface area contributed by atoms with Gasteiger partial charge in [0.1, 0.15) is 0 Å². The third-order valence-corrected chi connectivity index (χ3v) is 1.93. The summed E-state index contributed by atoms with van der Waals surface area (Å²) in [6, 6.07) is 0. The van der Waals surface area contributed by atoms with E-state index in [4.69, 9.17) is 4.84 Å². The van der Waals surface area contributed by atoms with Gasteiger partial charge in [-0.25, -0.2) is 5.48 Å². The first-order chi connectivity index (χ1) is 4.93. The fraction of sp³-hybridized carbons (Fsp3) is 0.857. The standard InChI is InChI=1S/C7H13NO2/c9-6-8-10-5-7-3-1-2-4-7/h6-7H,1-5H2,(H,8,9). The highest BCUT2D eigenvalue weighted by molar-refractivity contribution is 5.43. The van der Waals surface area contributed by atoms with Gasteiger partial charge in [0.25, 0.3) is 0 Å². The van der Waals surface area contributed by atoms with E-state index in [9.17, 15) is 4.79 Å². The molecule has 10 heavy (non-hydrogen) atoms. The minimum absolute atomic E-state index is 0.564. The van der Waals surface area contributed by atoms with Crippen molar-refractivity contribution in [2.75, 3.05) is 6.61 Å². The van der Waals surface area contributed by atoms with Crippen LogP contribution in [0.3, 0.4) is 0 Å². The number of hydrogen-bond donors (Lipinski definition) is 1. The van der Waals surface area contributed by atoms with E-state index in [2.05, 4.69) is 5.48 Å². The van der Waals surface area contributed by atoms with E-state index >= 15 is 0 Å². The van der Waals surface area contributed by atoms with E-state index in [-0.39, 0.29) is 0 Å². The third kappa shape index (κ3) is 2.35. The molecule has 0 atom stereocenters. The molecule has 1 saturated carbocycles. The molecule has 0 aromatic rings. The molecule has 1 fully saturated rings. The predicted octanol–water partition coefficient (Wildman–Crippen LogP) is 0.854. The number of carbonyl (C=O) groups is 1. The summed E-state index contributed by atoms with van der Waals surface area (Å²) in [5.74, 6) is 0.674. The second-order valence-corrected chi connectivity index (χ2v) is 2.70. The second kappa shape index (κ2) is 4.28. The summed E-state index contributed by atoms with van der Waals surface area (Å²) in [4.78, 5) is 14.6. The van der Waals surface area contributed by atoms with E-state index in [0.717, 1.165) is 0 Å². The van der Waals surface area contributed by atoms with Crippen LogP contribution in [0.15, 0.2) is 0 Å². The lowest BCUT2D eigenvalue weighted by Crippen LogP contribution is -2.16. The van der Waals surface area contributed by atoms with E-state index in [1.165, 1.54) is 25.7 Å². The summed E-state index contributed by atoms with van der Waals surface area (Å²) in [5, 5.41) is 0. The molecular weight excluding hydrogens is 130 g/mol. The molecule has 0 spiro atoms. The summed E-state index contributed by atoms with van der Waals surface area (Å²) < 4.78 is 0. The fourth-order valence-corrected chi connectivity index (χ4v) is 1.38. The van der Waals surface area contributed by atoms with Crippen molar-refractivity contribution < 1.29 is 9.63 Å². The molecule has 0 aromatic carbocycles. The monoisotopic (exact) mass is 143 g/mol. The Kier molecular flexibility index (Phi) is 3.22. The van der Waals surface area contributed by atoms with Gasteiger partial charge in [-0.2, -0.15) is 0 Å². The fourth-order valence-electron chi connectivity index (χ4n) is 1.38. The van der Waals surface area contributed by atoms with Crippen LogP contribution >= 0.6 is 0 Å². The van der Waals surface area contributed by atoms with Gasteiger partial charge in [-0.3, -0.25) is 9.63 Å². The van der Waals surface area contributed by atoms with E-state index in [0.29, 0.717) is 18.9 Å². The molecule has 58 valence electrons. The van der Waals surface area contributed by atoms with Gasteiger partial charge in [-0.1, -0.05) is 12.8 Å². The molecule has 1 aliphatic carbocycles. The lowest BCUT2D eigenvalue weighted by Gasteiger charge is -2.06. The van der Waals surface area contributed by atoms with E-state index in [1.54, 1.807) is 0 Å². The van der Waals surface area contributed by atoms with E-state index in [1.807, 2.05) is 0 Å². The van der Waals surface area contributed by atoms with Crippen LogP contribution < -0.4 is 5.48 Å². The Morgan fingerprint density at radius 1 is 1.50 bits per heavy atom. The highest BCUT2D eigenvalue weighted by atomic mass is 16.6. The zero-order valence-electron chi connectivity index (χ0n) is 6.01. The van der Waals surface area contributed by atoms with Crippen LogP contribution in [0.5, 0.6) is 0 Å². The van der Waals surface area contributed by atoms with Gasteiger partial charge in [0.15, 0.2) is 0 Å². The van der Waals surface area contributed by atoms with Gasteiger partial charge in [-0.05, 0) is 18.8 Å².